The maximum absolute atomic E-state index is 12.5. The van der Waals surface area contributed by atoms with Crippen LogP contribution in [0.2, 0.25) is 0 Å². The molecule has 94 valence electrons. The Kier molecular flexibility index (Phi) is 2.98. The third-order valence-corrected chi connectivity index (χ3v) is 2.68. The molecule has 5 heteroatoms. The maximum atomic E-state index is 12.5. The van der Waals surface area contributed by atoms with Crippen molar-refractivity contribution < 1.29 is 18.0 Å². The number of halogens is 3. The van der Waals surface area contributed by atoms with Crippen LogP contribution in [-0.2, 0) is 0 Å². The van der Waals surface area contributed by atoms with Crippen LogP contribution >= 0.6 is 0 Å². The molecule has 0 spiro atoms. The largest absolute Gasteiger partial charge is 0.454 e. The number of fused-ring (bicyclic) bond motifs is 1. The maximum Gasteiger partial charge on any atom is 0.454 e. The first-order valence-electron chi connectivity index (χ1n) is 5.26. The normalized spacial score (nSPS) is 11.6. The van der Waals surface area contributed by atoms with Gasteiger partial charge in [-0.1, -0.05) is 30.3 Å². The minimum absolute atomic E-state index is 0.204. The Bertz CT molecular complexity index is 605. The van der Waals surface area contributed by atoms with E-state index in [9.17, 15) is 18.0 Å². The first-order valence-corrected chi connectivity index (χ1v) is 5.26. The predicted molar refractivity (Wildman–Crippen MR) is 63.9 cm³/mol. The fraction of sp³-hybridized carbons (Fsp3) is 0.154. The van der Waals surface area contributed by atoms with Crippen molar-refractivity contribution in [2.75, 3.05) is 12.4 Å². The number of benzene rings is 2. The molecular weight excluding hydrogens is 243 g/mol. The van der Waals surface area contributed by atoms with Crippen molar-refractivity contribution in [3.05, 3.63) is 42.0 Å². The zero-order valence-electron chi connectivity index (χ0n) is 9.51. The van der Waals surface area contributed by atoms with Crippen LogP contribution in [0.4, 0.5) is 18.9 Å². The van der Waals surface area contributed by atoms with Gasteiger partial charge in [-0.05, 0) is 11.5 Å². The predicted octanol–water partition coefficient (Wildman–Crippen LogP) is 3.63. The number of rotatable bonds is 2. The molecule has 18 heavy (non-hydrogen) atoms. The number of hydrogen-bond acceptors (Lipinski definition) is 2. The van der Waals surface area contributed by atoms with E-state index in [0.29, 0.717) is 5.39 Å². The van der Waals surface area contributed by atoms with Gasteiger partial charge in [0.05, 0.1) is 11.3 Å². The van der Waals surface area contributed by atoms with Gasteiger partial charge in [0.1, 0.15) is 0 Å². The number of carbonyl (C=O) groups is 1. The van der Waals surface area contributed by atoms with Gasteiger partial charge in [0.2, 0.25) is 0 Å². The van der Waals surface area contributed by atoms with E-state index in [0.717, 1.165) is 5.39 Å². The van der Waals surface area contributed by atoms with Crippen molar-refractivity contribution in [2.45, 2.75) is 6.18 Å². The Labute approximate surface area is 101 Å². The van der Waals surface area contributed by atoms with Crippen LogP contribution in [0.15, 0.2) is 36.4 Å². The first-order chi connectivity index (χ1) is 8.45. The molecule has 0 bridgehead atoms. The van der Waals surface area contributed by atoms with Crippen molar-refractivity contribution in [1.82, 2.24) is 0 Å². The van der Waals surface area contributed by atoms with Gasteiger partial charge in [0, 0.05) is 12.4 Å². The molecule has 0 amide bonds. The van der Waals surface area contributed by atoms with Crippen LogP contribution in [0.3, 0.4) is 0 Å². The average Bonchev–Trinajstić information content (AvgIpc) is 2.35. The van der Waals surface area contributed by atoms with Gasteiger partial charge in [-0.2, -0.15) is 13.2 Å². The van der Waals surface area contributed by atoms with Crippen LogP contribution in [0.1, 0.15) is 10.4 Å². The lowest BCUT2D eigenvalue weighted by Gasteiger charge is -2.13. The Morgan fingerprint density at radius 1 is 1.11 bits per heavy atom. The number of ketones is 1. The van der Waals surface area contributed by atoms with Gasteiger partial charge in [-0.15, -0.1) is 0 Å². The van der Waals surface area contributed by atoms with Gasteiger partial charge < -0.3 is 5.32 Å². The van der Waals surface area contributed by atoms with E-state index < -0.39 is 12.0 Å². The molecule has 1 N–H and O–H groups in total. The fourth-order valence-corrected chi connectivity index (χ4v) is 1.88. The van der Waals surface area contributed by atoms with E-state index in [4.69, 9.17) is 0 Å². The fourth-order valence-electron chi connectivity index (χ4n) is 1.88. The van der Waals surface area contributed by atoms with Gasteiger partial charge >= 0.3 is 6.18 Å². The molecule has 0 aliphatic rings. The molecule has 2 aromatic rings. The molecule has 2 nitrogen and oxygen atoms in total. The molecule has 0 aromatic heterocycles. The first kappa shape index (κ1) is 12.4. The summed E-state index contributed by atoms with van der Waals surface area (Å²) in [4.78, 5) is 11.3. The molecule has 0 saturated carbocycles. The highest BCUT2D eigenvalue weighted by Gasteiger charge is 2.40. The highest BCUT2D eigenvalue weighted by Crippen LogP contribution is 2.31. The topological polar surface area (TPSA) is 29.1 Å². The zero-order valence-corrected chi connectivity index (χ0v) is 9.51. The van der Waals surface area contributed by atoms with E-state index in [1.807, 2.05) is 0 Å². The lowest BCUT2D eigenvalue weighted by atomic mass is 10.0. The summed E-state index contributed by atoms with van der Waals surface area (Å²) in [5, 5.41) is 4.04. The molecule has 0 fully saturated rings. The minimum Gasteiger partial charge on any atom is -0.387 e. The smallest absolute Gasteiger partial charge is 0.387 e. The quantitative estimate of drug-likeness (QED) is 0.828. The van der Waals surface area contributed by atoms with E-state index in [2.05, 4.69) is 5.32 Å². The van der Waals surface area contributed by atoms with Crippen molar-refractivity contribution in [3.63, 3.8) is 0 Å². The summed E-state index contributed by atoms with van der Waals surface area (Å²) in [5.41, 5.74) is -0.154. The monoisotopic (exact) mass is 253 g/mol. The molecule has 0 atom stereocenters. The zero-order chi connectivity index (χ0) is 13.3. The molecule has 0 unspecified atom stereocenters. The third-order valence-electron chi connectivity index (χ3n) is 2.68. The molecule has 0 heterocycles. The van der Waals surface area contributed by atoms with Gasteiger partial charge in [0.25, 0.3) is 5.78 Å². The van der Waals surface area contributed by atoms with Gasteiger partial charge in [-0.25, -0.2) is 0 Å². The number of alkyl halides is 3. The van der Waals surface area contributed by atoms with Gasteiger partial charge in [0.15, 0.2) is 0 Å². The average molecular weight is 253 g/mol. The number of anilines is 1. The second-order valence-electron chi connectivity index (χ2n) is 3.79. The van der Waals surface area contributed by atoms with E-state index >= 15 is 0 Å². The van der Waals surface area contributed by atoms with Crippen LogP contribution in [-0.4, -0.2) is 19.0 Å². The van der Waals surface area contributed by atoms with Crippen LogP contribution < -0.4 is 5.32 Å². The highest BCUT2D eigenvalue weighted by molar-refractivity contribution is 6.11. The highest BCUT2D eigenvalue weighted by atomic mass is 19.4. The summed E-state index contributed by atoms with van der Waals surface area (Å²) in [6, 6.07) is 9.66. The molecule has 2 aromatic carbocycles. The number of carbonyl (C=O) groups excluding carboxylic acids is 1. The number of Topliss-reactive ketones (excluding diaryl/α,β-unsaturated/α-hetero) is 1. The molecule has 0 aliphatic heterocycles. The van der Waals surface area contributed by atoms with Crippen LogP contribution in [0.5, 0.6) is 0 Å². The number of nitrogens with one attached hydrogen (secondary N) is 1. The van der Waals surface area contributed by atoms with Gasteiger partial charge in [-0.3, -0.25) is 4.79 Å². The summed E-state index contributed by atoms with van der Waals surface area (Å²) in [6.07, 6.45) is -4.87. The second kappa shape index (κ2) is 4.33. The van der Waals surface area contributed by atoms with Crippen molar-refractivity contribution in [2.24, 2.45) is 0 Å². The van der Waals surface area contributed by atoms with Crippen LogP contribution in [0, 0.1) is 0 Å². The Balaban J connectivity index is 2.69. The SMILES string of the molecule is CNc1c(C(=O)C(F)(F)F)ccc2ccccc12. The Hall–Kier alpha value is -2.04. The van der Waals surface area contributed by atoms with Crippen molar-refractivity contribution in [3.8, 4) is 0 Å². The standard InChI is InChI=1S/C13H10F3NO/c1-17-11-9-5-3-2-4-8(9)6-7-10(11)12(18)13(14,15)16/h2-7,17H,1H3. The van der Waals surface area contributed by atoms with E-state index in [-0.39, 0.29) is 11.3 Å². The minimum atomic E-state index is -4.87. The summed E-state index contributed by atoms with van der Waals surface area (Å²) < 4.78 is 37.4. The second-order valence-corrected chi connectivity index (χ2v) is 3.79. The summed E-state index contributed by atoms with van der Waals surface area (Å²) in [7, 11) is 1.49. The van der Waals surface area contributed by atoms with Crippen molar-refractivity contribution >= 4 is 22.2 Å². The molecule has 0 radical (unpaired) electrons. The number of hydrogen-bond donors (Lipinski definition) is 1. The van der Waals surface area contributed by atoms with Crippen molar-refractivity contribution in [1.29, 1.82) is 0 Å². The lowest BCUT2D eigenvalue weighted by Crippen LogP contribution is -2.23. The Morgan fingerprint density at radius 2 is 1.78 bits per heavy atom. The van der Waals surface area contributed by atoms with Crippen LogP contribution in [0.25, 0.3) is 10.8 Å². The molecule has 0 saturated heterocycles. The summed E-state index contributed by atoms with van der Waals surface area (Å²) >= 11 is 0. The van der Waals surface area contributed by atoms with E-state index in [1.165, 1.54) is 19.2 Å². The third kappa shape index (κ3) is 2.03. The lowest BCUT2D eigenvalue weighted by molar-refractivity contribution is -0.0884. The molecule has 2 rings (SSSR count). The summed E-state index contributed by atoms with van der Waals surface area (Å²) in [5.74, 6) is -1.84. The summed E-state index contributed by atoms with van der Waals surface area (Å²) in [6.45, 7) is 0. The molecule has 0 aliphatic carbocycles. The van der Waals surface area contributed by atoms with E-state index in [1.54, 1.807) is 24.3 Å². The molecular formula is C13H10F3NO. The Morgan fingerprint density at radius 3 is 2.39 bits per heavy atom.